The molecule has 0 radical (unpaired) electrons. The normalized spacial score (nSPS) is 14.2. The molecule has 0 spiro atoms. The summed E-state index contributed by atoms with van der Waals surface area (Å²) in [5.74, 6) is -0.832. The molecule has 2 atom stereocenters. The number of hydrogen-bond acceptors (Lipinski definition) is 7. The second kappa shape index (κ2) is 47.0. The van der Waals surface area contributed by atoms with Gasteiger partial charge in [-0.2, -0.15) is 0 Å². The predicted octanol–water partition coefficient (Wildman–Crippen LogP) is 15.7. The van der Waals surface area contributed by atoms with Crippen molar-refractivity contribution in [3.8, 4) is 0 Å². The highest BCUT2D eigenvalue weighted by atomic mass is 31.2. The van der Waals surface area contributed by atoms with Gasteiger partial charge in [-0.25, -0.2) is 4.57 Å². The number of carbonyl (C=O) groups excluding carboxylic acids is 2. The van der Waals surface area contributed by atoms with Gasteiger partial charge in [-0.15, -0.1) is 0 Å². The van der Waals surface area contributed by atoms with Crippen LogP contribution < -0.4 is 0 Å². The average molecular weight is 943 g/mol. The van der Waals surface area contributed by atoms with Crippen molar-refractivity contribution in [2.45, 2.75) is 200 Å². The maximum Gasteiger partial charge on any atom is 0.472 e. The van der Waals surface area contributed by atoms with Crippen LogP contribution in [0.15, 0.2) is 97.2 Å². The highest BCUT2D eigenvalue weighted by Gasteiger charge is 2.27. The third-order valence-electron chi connectivity index (χ3n) is 10.6. The first-order valence-electron chi connectivity index (χ1n) is 26.0. The van der Waals surface area contributed by atoms with Crippen LogP contribution in [0.2, 0.25) is 0 Å². The molecule has 0 heterocycles. The maximum atomic E-state index is 12.8. The molecule has 0 saturated heterocycles. The number of likely N-dealkylation sites (N-methyl/N-ethyl adjacent to an activating group) is 1. The fourth-order valence-electron chi connectivity index (χ4n) is 6.58. The Kier molecular flexibility index (Phi) is 44.8. The maximum absolute atomic E-state index is 12.8. The van der Waals surface area contributed by atoms with Crippen LogP contribution in [-0.2, 0) is 32.7 Å². The number of esters is 2. The summed E-state index contributed by atoms with van der Waals surface area (Å²) in [6, 6.07) is 0. The number of carbonyl (C=O) groups is 2. The Hall–Kier alpha value is -3.07. The summed E-state index contributed by atoms with van der Waals surface area (Å²) in [4.78, 5) is 35.6. The van der Waals surface area contributed by atoms with E-state index in [0.29, 0.717) is 17.4 Å². The number of nitrogens with zero attached hydrogens (tertiary/aromatic N) is 1. The Morgan fingerprint density at radius 2 is 0.864 bits per heavy atom. The van der Waals surface area contributed by atoms with Gasteiger partial charge in [0.25, 0.3) is 0 Å². The van der Waals surface area contributed by atoms with Gasteiger partial charge in [-0.05, 0) is 96.3 Å². The number of unbranched alkanes of at least 4 members (excludes halogenated alkanes) is 16. The first-order chi connectivity index (χ1) is 32.0. The summed E-state index contributed by atoms with van der Waals surface area (Å²) in [5.41, 5.74) is 0. The summed E-state index contributed by atoms with van der Waals surface area (Å²) < 4.78 is 34.5. The van der Waals surface area contributed by atoms with Gasteiger partial charge >= 0.3 is 19.8 Å². The van der Waals surface area contributed by atoms with Crippen molar-refractivity contribution in [1.29, 1.82) is 0 Å². The lowest BCUT2D eigenvalue weighted by molar-refractivity contribution is -0.870. The van der Waals surface area contributed by atoms with Crippen molar-refractivity contribution in [2.75, 3.05) is 47.5 Å². The van der Waals surface area contributed by atoms with Crippen LogP contribution in [0.5, 0.6) is 0 Å². The Morgan fingerprint density at radius 1 is 0.485 bits per heavy atom. The zero-order valence-corrected chi connectivity index (χ0v) is 43.5. The predicted molar refractivity (Wildman–Crippen MR) is 279 cm³/mol. The molecule has 0 aromatic carbocycles. The van der Waals surface area contributed by atoms with E-state index < -0.39 is 26.5 Å². The smallest absolute Gasteiger partial charge is 0.462 e. The molecule has 0 bridgehead atoms. The van der Waals surface area contributed by atoms with E-state index in [1.165, 1.54) is 57.8 Å². The molecule has 0 fully saturated rings. The van der Waals surface area contributed by atoms with Gasteiger partial charge in [-0.1, -0.05) is 182 Å². The lowest BCUT2D eigenvalue weighted by atomic mass is 10.1. The molecule has 10 heteroatoms. The monoisotopic (exact) mass is 943 g/mol. The van der Waals surface area contributed by atoms with E-state index in [9.17, 15) is 19.0 Å². The van der Waals surface area contributed by atoms with Gasteiger partial charge in [0.15, 0.2) is 6.10 Å². The fourth-order valence-corrected chi connectivity index (χ4v) is 7.32. The number of phosphoric acid groups is 1. The minimum Gasteiger partial charge on any atom is -0.462 e. The molecule has 0 aromatic heterocycles. The minimum atomic E-state index is -4.40. The molecule has 0 saturated carbocycles. The van der Waals surface area contributed by atoms with Gasteiger partial charge in [0.2, 0.25) is 0 Å². The van der Waals surface area contributed by atoms with Crippen molar-refractivity contribution in [3.63, 3.8) is 0 Å². The summed E-state index contributed by atoms with van der Waals surface area (Å²) >= 11 is 0. The first kappa shape index (κ1) is 62.9. The molecule has 0 aliphatic heterocycles. The SMILES string of the molecule is CC/C=C\C/C=C\C/C=C\C/C=C\C/C=C\CCCCCCCCCC(=O)OC(COC(=O)CCCCCCCC/C=C\C/C=C\C/C=C\CCCCC)COP(=O)(O)OCC[N+](C)(C)C. The molecular formula is C56H97NO8P+. The van der Waals surface area contributed by atoms with Crippen LogP contribution in [0, 0.1) is 0 Å². The van der Waals surface area contributed by atoms with Crippen LogP contribution in [0.1, 0.15) is 194 Å². The number of quaternary nitrogens is 1. The van der Waals surface area contributed by atoms with E-state index in [2.05, 4.69) is 111 Å². The van der Waals surface area contributed by atoms with Gasteiger partial charge in [0.05, 0.1) is 27.7 Å². The van der Waals surface area contributed by atoms with Gasteiger partial charge in [0, 0.05) is 12.8 Å². The van der Waals surface area contributed by atoms with Crippen molar-refractivity contribution in [3.05, 3.63) is 97.2 Å². The molecule has 0 aromatic rings. The van der Waals surface area contributed by atoms with Crippen LogP contribution in [-0.4, -0.2) is 74.9 Å². The first-order valence-corrected chi connectivity index (χ1v) is 27.5. The van der Waals surface area contributed by atoms with Crippen molar-refractivity contribution >= 4 is 19.8 Å². The van der Waals surface area contributed by atoms with Crippen LogP contribution in [0.25, 0.3) is 0 Å². The van der Waals surface area contributed by atoms with Crippen LogP contribution in [0.4, 0.5) is 0 Å². The third kappa shape index (κ3) is 50.3. The number of allylic oxidation sites excluding steroid dienone is 16. The minimum absolute atomic E-state index is 0.0215. The Labute approximate surface area is 404 Å². The second-order valence-electron chi connectivity index (χ2n) is 18.2. The second-order valence-corrected chi connectivity index (χ2v) is 19.6. The van der Waals surface area contributed by atoms with Gasteiger partial charge < -0.3 is 18.9 Å². The van der Waals surface area contributed by atoms with E-state index in [1.807, 2.05) is 21.1 Å². The van der Waals surface area contributed by atoms with E-state index in [1.54, 1.807) is 0 Å². The van der Waals surface area contributed by atoms with E-state index in [4.69, 9.17) is 18.5 Å². The molecule has 0 aliphatic rings. The lowest BCUT2D eigenvalue weighted by Gasteiger charge is -2.24. The highest BCUT2D eigenvalue weighted by Crippen LogP contribution is 2.43. The highest BCUT2D eigenvalue weighted by molar-refractivity contribution is 7.47. The number of rotatable bonds is 46. The quantitative estimate of drug-likeness (QED) is 0.0211. The van der Waals surface area contributed by atoms with E-state index >= 15 is 0 Å². The zero-order valence-electron chi connectivity index (χ0n) is 42.6. The standard InChI is InChI=1S/C56H96NO8P/c1-6-8-10-12-14-16-18-20-22-24-26-27-28-29-31-33-35-37-39-41-43-45-47-49-56(59)65-54(53-64-66(60,61)63-51-50-57(3,4)5)52-62-55(58)48-46-44-42-40-38-36-34-32-30-25-23-21-19-17-15-13-11-9-7-2/h8,10,14-17,20-23,26-27,29-32,54H,6-7,9,11-13,18-19,24-25,28,33-53H2,1-5H3/p+1/b10-8-,16-14-,17-15-,22-20-,23-21-,27-26-,31-29-,32-30-. The number of phosphoric ester groups is 1. The molecule has 9 nitrogen and oxygen atoms in total. The largest absolute Gasteiger partial charge is 0.472 e. The molecular weight excluding hydrogens is 846 g/mol. The fraction of sp³-hybridized carbons (Fsp3) is 0.679. The molecule has 378 valence electrons. The van der Waals surface area contributed by atoms with Gasteiger partial charge in [0.1, 0.15) is 19.8 Å². The Bertz CT molecular complexity index is 1440. The molecule has 66 heavy (non-hydrogen) atoms. The summed E-state index contributed by atoms with van der Waals surface area (Å²) in [6.45, 7) is 4.25. The topological polar surface area (TPSA) is 108 Å². The van der Waals surface area contributed by atoms with E-state index in [0.717, 1.165) is 103 Å². The van der Waals surface area contributed by atoms with Gasteiger partial charge in [-0.3, -0.25) is 18.6 Å². The number of ether oxygens (including phenoxy) is 2. The van der Waals surface area contributed by atoms with Crippen molar-refractivity contribution in [1.82, 2.24) is 0 Å². The number of hydrogen-bond donors (Lipinski definition) is 1. The molecule has 1 N–H and O–H groups in total. The Balaban J connectivity index is 4.32. The van der Waals surface area contributed by atoms with Crippen molar-refractivity contribution in [2.24, 2.45) is 0 Å². The summed E-state index contributed by atoms with van der Waals surface area (Å²) in [5, 5.41) is 0. The molecule has 0 aliphatic carbocycles. The van der Waals surface area contributed by atoms with Crippen LogP contribution in [0.3, 0.4) is 0 Å². The van der Waals surface area contributed by atoms with Crippen LogP contribution >= 0.6 is 7.82 Å². The average Bonchev–Trinajstić information content (AvgIpc) is 3.27. The molecule has 0 rings (SSSR count). The van der Waals surface area contributed by atoms with E-state index in [-0.39, 0.29) is 32.0 Å². The molecule has 2 unspecified atom stereocenters. The zero-order chi connectivity index (χ0) is 48.5. The third-order valence-corrected chi connectivity index (χ3v) is 11.6. The summed E-state index contributed by atoms with van der Waals surface area (Å²) in [6.07, 6.45) is 63.1. The Morgan fingerprint density at radius 3 is 1.29 bits per heavy atom. The van der Waals surface area contributed by atoms with Crippen molar-refractivity contribution < 1.29 is 42.1 Å². The molecule has 0 amide bonds. The summed E-state index contributed by atoms with van der Waals surface area (Å²) in [7, 11) is 1.45. The lowest BCUT2D eigenvalue weighted by Crippen LogP contribution is -2.37.